The van der Waals surface area contributed by atoms with Gasteiger partial charge in [0.25, 0.3) is 0 Å². The number of benzene rings is 1. The smallest absolute Gasteiger partial charge is 0.0859 e. The van der Waals surface area contributed by atoms with Gasteiger partial charge in [-0.05, 0) is 24.6 Å². The number of hydrogen-bond acceptors (Lipinski definition) is 3. The van der Waals surface area contributed by atoms with Crippen molar-refractivity contribution in [2.75, 3.05) is 33.2 Å². The largest absolute Gasteiger partial charge is 0.314 e. The van der Waals surface area contributed by atoms with Gasteiger partial charge >= 0.3 is 0 Å². The summed E-state index contributed by atoms with van der Waals surface area (Å²) in [5.41, 5.74) is 2.82. The summed E-state index contributed by atoms with van der Waals surface area (Å²) in [7, 11) is 2.05. The molecule has 0 amide bonds. The van der Waals surface area contributed by atoms with E-state index in [1.807, 2.05) is 7.05 Å². The predicted octanol–water partition coefficient (Wildman–Crippen LogP) is 1.76. The molecule has 0 aromatic heterocycles. The van der Waals surface area contributed by atoms with Crippen LogP contribution in [0.3, 0.4) is 0 Å². The molecule has 2 N–H and O–H groups in total. The molecule has 1 aliphatic heterocycles. The first kappa shape index (κ1) is 13.5. The zero-order valence-electron chi connectivity index (χ0n) is 11.6. The quantitative estimate of drug-likeness (QED) is 0.830. The molecule has 0 radical (unpaired) electrons. The molecule has 100 valence electrons. The van der Waals surface area contributed by atoms with Crippen LogP contribution in [0, 0.1) is 0 Å². The van der Waals surface area contributed by atoms with Crippen molar-refractivity contribution in [2.24, 2.45) is 0 Å². The molecule has 1 heterocycles. The van der Waals surface area contributed by atoms with Gasteiger partial charge in [0.15, 0.2) is 0 Å². The van der Waals surface area contributed by atoms with Gasteiger partial charge in [-0.25, -0.2) is 0 Å². The SMILES string of the molecule is CCCc1ccc(C(NC)N2CCNCC2)cc1. The second-order valence-electron chi connectivity index (χ2n) is 4.97. The lowest BCUT2D eigenvalue weighted by Crippen LogP contribution is -2.48. The zero-order valence-corrected chi connectivity index (χ0v) is 11.6. The van der Waals surface area contributed by atoms with Crippen LogP contribution in [0.15, 0.2) is 24.3 Å². The summed E-state index contributed by atoms with van der Waals surface area (Å²) in [4.78, 5) is 2.51. The topological polar surface area (TPSA) is 27.3 Å². The number of nitrogens with zero attached hydrogens (tertiary/aromatic N) is 1. The van der Waals surface area contributed by atoms with Gasteiger partial charge in [-0.1, -0.05) is 37.6 Å². The van der Waals surface area contributed by atoms with Crippen LogP contribution in [-0.2, 0) is 6.42 Å². The minimum absolute atomic E-state index is 0.350. The molecule has 3 nitrogen and oxygen atoms in total. The molecule has 1 fully saturated rings. The van der Waals surface area contributed by atoms with Crippen molar-refractivity contribution in [3.8, 4) is 0 Å². The maximum atomic E-state index is 3.44. The van der Waals surface area contributed by atoms with Crippen molar-refractivity contribution < 1.29 is 0 Å². The van der Waals surface area contributed by atoms with Gasteiger partial charge in [-0.3, -0.25) is 4.90 Å². The van der Waals surface area contributed by atoms with Crippen LogP contribution in [0.4, 0.5) is 0 Å². The molecule has 0 saturated carbocycles. The maximum absolute atomic E-state index is 3.44. The summed E-state index contributed by atoms with van der Waals surface area (Å²) >= 11 is 0. The maximum Gasteiger partial charge on any atom is 0.0859 e. The highest BCUT2D eigenvalue weighted by Crippen LogP contribution is 2.19. The normalized spacial score (nSPS) is 18.8. The highest BCUT2D eigenvalue weighted by molar-refractivity contribution is 5.25. The van der Waals surface area contributed by atoms with E-state index >= 15 is 0 Å². The molecule has 1 aromatic carbocycles. The Labute approximate surface area is 111 Å². The lowest BCUT2D eigenvalue weighted by Gasteiger charge is -2.35. The first-order valence-corrected chi connectivity index (χ1v) is 7.06. The minimum atomic E-state index is 0.350. The van der Waals surface area contributed by atoms with Crippen LogP contribution in [0.5, 0.6) is 0 Å². The number of nitrogens with one attached hydrogen (secondary N) is 2. The van der Waals surface area contributed by atoms with Gasteiger partial charge in [-0.15, -0.1) is 0 Å². The van der Waals surface area contributed by atoms with Gasteiger partial charge < -0.3 is 10.6 Å². The van der Waals surface area contributed by atoms with E-state index in [9.17, 15) is 0 Å². The third-order valence-corrected chi connectivity index (χ3v) is 3.62. The summed E-state index contributed by atoms with van der Waals surface area (Å²) in [6.45, 7) is 6.63. The molecule has 0 bridgehead atoms. The fourth-order valence-corrected chi connectivity index (χ4v) is 2.66. The average molecular weight is 247 g/mol. The number of rotatable bonds is 5. The standard InChI is InChI=1S/C15H25N3/c1-3-4-13-5-7-14(8-6-13)15(16-2)18-11-9-17-10-12-18/h5-8,15-17H,3-4,9-12H2,1-2H3. The van der Waals surface area contributed by atoms with Crippen LogP contribution in [0.2, 0.25) is 0 Å². The summed E-state index contributed by atoms with van der Waals surface area (Å²) in [6, 6.07) is 9.08. The Hall–Kier alpha value is -0.900. The van der Waals surface area contributed by atoms with E-state index in [4.69, 9.17) is 0 Å². The van der Waals surface area contributed by atoms with Crippen LogP contribution < -0.4 is 10.6 Å². The van der Waals surface area contributed by atoms with Crippen molar-refractivity contribution in [1.29, 1.82) is 0 Å². The Morgan fingerprint density at radius 3 is 2.44 bits per heavy atom. The summed E-state index contributed by atoms with van der Waals surface area (Å²) < 4.78 is 0. The zero-order chi connectivity index (χ0) is 12.8. The Kier molecular flexibility index (Phi) is 5.17. The van der Waals surface area contributed by atoms with Crippen molar-refractivity contribution in [1.82, 2.24) is 15.5 Å². The Bertz CT molecular complexity index is 341. The van der Waals surface area contributed by atoms with E-state index in [1.165, 1.54) is 24.0 Å². The van der Waals surface area contributed by atoms with Crippen LogP contribution >= 0.6 is 0 Å². The molecule has 1 aliphatic rings. The summed E-state index contributed by atoms with van der Waals surface area (Å²) in [5.74, 6) is 0. The van der Waals surface area contributed by atoms with E-state index < -0.39 is 0 Å². The molecule has 0 spiro atoms. The molecule has 2 rings (SSSR count). The number of piperazine rings is 1. The predicted molar refractivity (Wildman–Crippen MR) is 76.7 cm³/mol. The molecule has 1 saturated heterocycles. The highest BCUT2D eigenvalue weighted by atomic mass is 15.3. The first-order valence-electron chi connectivity index (χ1n) is 7.06. The van der Waals surface area contributed by atoms with Crippen molar-refractivity contribution in [3.63, 3.8) is 0 Å². The molecule has 18 heavy (non-hydrogen) atoms. The monoisotopic (exact) mass is 247 g/mol. The lowest BCUT2D eigenvalue weighted by atomic mass is 10.1. The van der Waals surface area contributed by atoms with Crippen LogP contribution in [0.25, 0.3) is 0 Å². The summed E-state index contributed by atoms with van der Waals surface area (Å²) in [6.07, 6.45) is 2.74. The first-order chi connectivity index (χ1) is 8.85. The Morgan fingerprint density at radius 1 is 1.22 bits per heavy atom. The average Bonchev–Trinajstić information content (AvgIpc) is 2.43. The number of hydrogen-bond donors (Lipinski definition) is 2. The van der Waals surface area contributed by atoms with Crippen molar-refractivity contribution in [2.45, 2.75) is 25.9 Å². The van der Waals surface area contributed by atoms with Crippen molar-refractivity contribution >= 4 is 0 Å². The molecule has 1 unspecified atom stereocenters. The van der Waals surface area contributed by atoms with Crippen molar-refractivity contribution in [3.05, 3.63) is 35.4 Å². The molecule has 3 heteroatoms. The van der Waals surface area contributed by atoms with E-state index in [0.29, 0.717) is 6.17 Å². The van der Waals surface area contributed by atoms with Gasteiger partial charge in [0.2, 0.25) is 0 Å². The second kappa shape index (κ2) is 6.88. The molecule has 1 aromatic rings. The third kappa shape index (κ3) is 3.31. The number of aryl methyl sites for hydroxylation is 1. The van der Waals surface area contributed by atoms with Gasteiger partial charge in [0.1, 0.15) is 0 Å². The van der Waals surface area contributed by atoms with E-state index in [1.54, 1.807) is 0 Å². The fraction of sp³-hybridized carbons (Fsp3) is 0.600. The van der Waals surface area contributed by atoms with E-state index in [0.717, 1.165) is 26.2 Å². The van der Waals surface area contributed by atoms with Gasteiger partial charge in [-0.2, -0.15) is 0 Å². The Morgan fingerprint density at radius 2 is 1.89 bits per heavy atom. The Balaban J connectivity index is 2.06. The molecule has 0 aliphatic carbocycles. The van der Waals surface area contributed by atoms with Gasteiger partial charge in [0.05, 0.1) is 6.17 Å². The van der Waals surface area contributed by atoms with E-state index in [-0.39, 0.29) is 0 Å². The molecular formula is C15H25N3. The highest BCUT2D eigenvalue weighted by Gasteiger charge is 2.20. The minimum Gasteiger partial charge on any atom is -0.314 e. The van der Waals surface area contributed by atoms with Gasteiger partial charge in [0, 0.05) is 26.2 Å². The fourth-order valence-electron chi connectivity index (χ4n) is 2.66. The molecule has 1 atom stereocenters. The molecular weight excluding hydrogens is 222 g/mol. The lowest BCUT2D eigenvalue weighted by molar-refractivity contribution is 0.153. The second-order valence-corrected chi connectivity index (χ2v) is 4.97. The van der Waals surface area contributed by atoms with E-state index in [2.05, 4.69) is 46.7 Å². The van der Waals surface area contributed by atoms with Crippen LogP contribution in [-0.4, -0.2) is 38.1 Å². The summed E-state index contributed by atoms with van der Waals surface area (Å²) in [5, 5.41) is 6.84. The van der Waals surface area contributed by atoms with Crippen LogP contribution in [0.1, 0.15) is 30.6 Å². The third-order valence-electron chi connectivity index (χ3n) is 3.62.